The highest BCUT2D eigenvalue weighted by Gasteiger charge is 2.39. The van der Waals surface area contributed by atoms with Crippen LogP contribution in [0.25, 0.3) is 11.5 Å². The molecule has 0 aliphatic heterocycles. The molecule has 0 bridgehead atoms. The third-order valence-corrected chi connectivity index (χ3v) is 4.20. The van der Waals surface area contributed by atoms with Gasteiger partial charge < -0.3 is 10.3 Å². The molecule has 0 spiro atoms. The quantitative estimate of drug-likeness (QED) is 0.861. The van der Waals surface area contributed by atoms with E-state index in [1.165, 1.54) is 4.90 Å². The average molecular weight is 261 g/mol. The lowest BCUT2D eigenvalue weighted by atomic mass is 9.77. The molecule has 94 valence electrons. The maximum Gasteiger partial charge on any atom is 0.257 e. The normalized spacial score (nSPS) is 17.4. The highest BCUT2D eigenvalue weighted by Crippen LogP contribution is 2.37. The molecule has 1 fully saturated rings. The Labute approximate surface area is 110 Å². The Bertz CT molecular complexity index is 546. The van der Waals surface area contributed by atoms with Crippen LogP contribution in [0.5, 0.6) is 0 Å². The standard InChI is InChI=1S/C13H15N3OS/c1-18-10-5-3-9(4-6-10)11-15-12(16-17-11)13(14)7-2-8-13/h3-6H,2,7-8,14H2,1H3. The fourth-order valence-corrected chi connectivity index (χ4v) is 2.47. The Hall–Kier alpha value is -1.33. The van der Waals surface area contributed by atoms with Crippen molar-refractivity contribution in [2.45, 2.75) is 29.7 Å². The Morgan fingerprint density at radius 3 is 2.56 bits per heavy atom. The molecule has 0 saturated heterocycles. The summed E-state index contributed by atoms with van der Waals surface area (Å²) in [5.41, 5.74) is 6.75. The summed E-state index contributed by atoms with van der Waals surface area (Å²) in [6, 6.07) is 8.08. The predicted octanol–water partition coefficient (Wildman–Crippen LogP) is 2.80. The summed E-state index contributed by atoms with van der Waals surface area (Å²) in [5.74, 6) is 1.19. The first-order valence-electron chi connectivity index (χ1n) is 5.99. The van der Waals surface area contributed by atoms with Gasteiger partial charge in [-0.1, -0.05) is 5.16 Å². The molecule has 3 rings (SSSR count). The summed E-state index contributed by atoms with van der Waals surface area (Å²) in [6.45, 7) is 0. The van der Waals surface area contributed by atoms with Crippen LogP contribution >= 0.6 is 11.8 Å². The van der Waals surface area contributed by atoms with Crippen LogP contribution in [0.2, 0.25) is 0 Å². The van der Waals surface area contributed by atoms with E-state index in [-0.39, 0.29) is 5.54 Å². The van der Waals surface area contributed by atoms with Gasteiger partial charge in [-0.2, -0.15) is 4.98 Å². The number of thioether (sulfide) groups is 1. The fourth-order valence-electron chi connectivity index (χ4n) is 2.06. The molecule has 0 amide bonds. The van der Waals surface area contributed by atoms with Gasteiger partial charge in [0.25, 0.3) is 5.89 Å². The number of hydrogen-bond acceptors (Lipinski definition) is 5. The smallest absolute Gasteiger partial charge is 0.257 e. The van der Waals surface area contributed by atoms with Crippen molar-refractivity contribution in [1.29, 1.82) is 0 Å². The average Bonchev–Trinajstić information content (AvgIpc) is 2.86. The number of rotatable bonds is 3. The van der Waals surface area contributed by atoms with E-state index in [2.05, 4.69) is 16.4 Å². The fraction of sp³-hybridized carbons (Fsp3) is 0.385. The van der Waals surface area contributed by atoms with Gasteiger partial charge >= 0.3 is 0 Å². The molecule has 1 aliphatic rings. The molecule has 1 aromatic carbocycles. The van der Waals surface area contributed by atoms with E-state index in [0.29, 0.717) is 11.7 Å². The second kappa shape index (κ2) is 4.40. The Kier molecular flexibility index (Phi) is 2.87. The van der Waals surface area contributed by atoms with Gasteiger partial charge in [0.15, 0.2) is 5.82 Å². The first-order valence-corrected chi connectivity index (χ1v) is 7.21. The molecule has 1 heterocycles. The molecular formula is C13H15N3OS. The summed E-state index contributed by atoms with van der Waals surface area (Å²) in [5, 5.41) is 4.01. The summed E-state index contributed by atoms with van der Waals surface area (Å²) >= 11 is 1.71. The second-order valence-corrected chi connectivity index (χ2v) is 5.54. The molecule has 5 heteroatoms. The van der Waals surface area contributed by atoms with Crippen LogP contribution in [0, 0.1) is 0 Å². The van der Waals surface area contributed by atoms with Crippen molar-refractivity contribution in [3.63, 3.8) is 0 Å². The first-order chi connectivity index (χ1) is 8.71. The highest BCUT2D eigenvalue weighted by molar-refractivity contribution is 7.98. The van der Waals surface area contributed by atoms with Crippen LogP contribution in [0.1, 0.15) is 25.1 Å². The van der Waals surface area contributed by atoms with Gasteiger partial charge in [0.2, 0.25) is 0 Å². The van der Waals surface area contributed by atoms with Crippen molar-refractivity contribution >= 4 is 11.8 Å². The Morgan fingerprint density at radius 2 is 2.00 bits per heavy atom. The molecule has 4 nitrogen and oxygen atoms in total. The van der Waals surface area contributed by atoms with Crippen LogP contribution in [-0.4, -0.2) is 16.4 Å². The molecule has 2 aromatic rings. The summed E-state index contributed by atoms with van der Waals surface area (Å²) in [6.07, 6.45) is 5.08. The van der Waals surface area contributed by atoms with Crippen molar-refractivity contribution in [2.24, 2.45) is 5.73 Å². The monoisotopic (exact) mass is 261 g/mol. The molecule has 2 N–H and O–H groups in total. The maximum atomic E-state index is 6.17. The van der Waals surface area contributed by atoms with Gasteiger partial charge in [-0.05, 0) is 49.8 Å². The van der Waals surface area contributed by atoms with Crippen molar-refractivity contribution in [3.05, 3.63) is 30.1 Å². The van der Waals surface area contributed by atoms with Gasteiger partial charge in [0.05, 0.1) is 5.54 Å². The highest BCUT2D eigenvalue weighted by atomic mass is 32.2. The van der Waals surface area contributed by atoms with E-state index in [4.69, 9.17) is 10.3 Å². The third-order valence-electron chi connectivity index (χ3n) is 3.45. The van der Waals surface area contributed by atoms with Gasteiger partial charge in [-0.25, -0.2) is 0 Å². The zero-order valence-electron chi connectivity index (χ0n) is 10.2. The van der Waals surface area contributed by atoms with E-state index in [9.17, 15) is 0 Å². The summed E-state index contributed by atoms with van der Waals surface area (Å²) < 4.78 is 5.30. The minimum atomic E-state index is -0.360. The number of benzene rings is 1. The van der Waals surface area contributed by atoms with E-state index in [1.807, 2.05) is 24.3 Å². The molecular weight excluding hydrogens is 246 g/mol. The molecule has 0 radical (unpaired) electrons. The molecule has 1 saturated carbocycles. The first kappa shape index (κ1) is 11.7. The van der Waals surface area contributed by atoms with Crippen molar-refractivity contribution in [3.8, 4) is 11.5 Å². The van der Waals surface area contributed by atoms with Gasteiger partial charge in [0.1, 0.15) is 0 Å². The molecule has 1 aliphatic carbocycles. The van der Waals surface area contributed by atoms with E-state index < -0.39 is 0 Å². The Morgan fingerprint density at radius 1 is 1.28 bits per heavy atom. The lowest BCUT2D eigenvalue weighted by Gasteiger charge is -2.34. The van der Waals surface area contributed by atoms with Crippen LogP contribution in [0.15, 0.2) is 33.7 Å². The number of aromatic nitrogens is 2. The predicted molar refractivity (Wildman–Crippen MR) is 71.2 cm³/mol. The zero-order chi connectivity index (χ0) is 12.6. The SMILES string of the molecule is CSc1ccc(-c2nc(C3(N)CCC3)no2)cc1. The van der Waals surface area contributed by atoms with E-state index in [1.54, 1.807) is 11.8 Å². The molecule has 18 heavy (non-hydrogen) atoms. The molecule has 0 unspecified atom stereocenters. The minimum Gasteiger partial charge on any atom is -0.334 e. The maximum absolute atomic E-state index is 6.17. The van der Waals surface area contributed by atoms with Crippen LogP contribution in [0.3, 0.4) is 0 Å². The van der Waals surface area contributed by atoms with Gasteiger partial charge in [-0.3, -0.25) is 0 Å². The van der Waals surface area contributed by atoms with Crippen LogP contribution < -0.4 is 5.73 Å². The topological polar surface area (TPSA) is 64.9 Å². The third kappa shape index (κ3) is 1.93. The van der Waals surface area contributed by atoms with E-state index in [0.717, 1.165) is 24.8 Å². The lowest BCUT2D eigenvalue weighted by Crippen LogP contribution is -2.44. The van der Waals surface area contributed by atoms with Crippen LogP contribution in [-0.2, 0) is 5.54 Å². The van der Waals surface area contributed by atoms with Crippen molar-refractivity contribution in [2.75, 3.05) is 6.26 Å². The second-order valence-electron chi connectivity index (χ2n) is 4.66. The number of nitrogens with zero attached hydrogens (tertiary/aromatic N) is 2. The van der Waals surface area contributed by atoms with E-state index >= 15 is 0 Å². The van der Waals surface area contributed by atoms with Gasteiger partial charge in [0, 0.05) is 10.5 Å². The number of nitrogens with two attached hydrogens (primary N) is 1. The van der Waals surface area contributed by atoms with Crippen molar-refractivity contribution < 1.29 is 4.52 Å². The Balaban J connectivity index is 1.88. The summed E-state index contributed by atoms with van der Waals surface area (Å²) in [7, 11) is 0. The van der Waals surface area contributed by atoms with Crippen molar-refractivity contribution in [1.82, 2.24) is 10.1 Å². The largest absolute Gasteiger partial charge is 0.334 e. The zero-order valence-corrected chi connectivity index (χ0v) is 11.0. The van der Waals surface area contributed by atoms with Gasteiger partial charge in [-0.15, -0.1) is 11.8 Å². The lowest BCUT2D eigenvalue weighted by molar-refractivity contribution is 0.229. The number of hydrogen-bond donors (Lipinski definition) is 1. The van der Waals surface area contributed by atoms with Crippen LogP contribution in [0.4, 0.5) is 0 Å². The molecule has 1 aromatic heterocycles. The minimum absolute atomic E-state index is 0.360. The summed E-state index contributed by atoms with van der Waals surface area (Å²) in [4.78, 5) is 5.64. The molecule has 0 atom stereocenters.